The van der Waals surface area contributed by atoms with Gasteiger partial charge in [0, 0.05) is 12.6 Å². The van der Waals surface area contributed by atoms with Crippen LogP contribution in [0, 0.1) is 10.8 Å². The fraction of sp³-hybridized carbons (Fsp3) is 0.625. The van der Waals surface area contributed by atoms with E-state index in [9.17, 15) is 8.42 Å². The summed E-state index contributed by atoms with van der Waals surface area (Å²) >= 11 is 6.11. The van der Waals surface area contributed by atoms with E-state index in [-0.39, 0.29) is 21.8 Å². The first-order valence-corrected chi connectivity index (χ1v) is 9.21. The highest BCUT2D eigenvalue weighted by Gasteiger charge is 2.53. The molecule has 2 aliphatic rings. The van der Waals surface area contributed by atoms with Crippen LogP contribution in [0.15, 0.2) is 29.2 Å². The molecule has 21 heavy (non-hydrogen) atoms. The quantitative estimate of drug-likeness (QED) is 0.825. The Balaban J connectivity index is 2.00. The van der Waals surface area contributed by atoms with Gasteiger partial charge in [0.05, 0.1) is 5.02 Å². The molecule has 1 heterocycles. The van der Waals surface area contributed by atoms with Crippen LogP contribution >= 0.6 is 11.6 Å². The first-order chi connectivity index (χ1) is 9.63. The molecule has 2 atom stereocenters. The topological polar surface area (TPSA) is 37.4 Å². The Kier molecular flexibility index (Phi) is 3.43. The van der Waals surface area contributed by atoms with Crippen LogP contribution in [0.25, 0.3) is 0 Å². The molecule has 0 aromatic heterocycles. The zero-order valence-corrected chi connectivity index (χ0v) is 14.3. The Labute approximate surface area is 132 Å². The molecule has 116 valence electrons. The van der Waals surface area contributed by atoms with Gasteiger partial charge in [0.15, 0.2) is 0 Å². The highest BCUT2D eigenvalue weighted by atomic mass is 35.5. The van der Waals surface area contributed by atoms with Crippen LogP contribution in [0.1, 0.15) is 40.0 Å². The van der Waals surface area contributed by atoms with Crippen LogP contribution in [0.5, 0.6) is 0 Å². The van der Waals surface area contributed by atoms with Gasteiger partial charge in [-0.3, -0.25) is 0 Å². The standard InChI is InChI=1S/C16H22ClNO2S/c1-15(2)8-12-9-16(3,10-15)11-18(12)21(19,20)14-7-5-4-6-13(14)17/h4-7,12H,8-11H2,1-3H3. The van der Waals surface area contributed by atoms with Crippen molar-refractivity contribution in [3.8, 4) is 0 Å². The molecule has 0 spiro atoms. The van der Waals surface area contributed by atoms with Gasteiger partial charge in [0.2, 0.25) is 10.0 Å². The molecule has 1 aromatic rings. The predicted molar refractivity (Wildman–Crippen MR) is 84.9 cm³/mol. The number of hydrogen-bond donors (Lipinski definition) is 0. The van der Waals surface area contributed by atoms with Crippen molar-refractivity contribution in [3.05, 3.63) is 29.3 Å². The lowest BCUT2D eigenvalue weighted by atomic mass is 9.65. The minimum atomic E-state index is -3.51. The van der Waals surface area contributed by atoms with Crippen molar-refractivity contribution in [2.75, 3.05) is 6.54 Å². The average molecular weight is 328 g/mol. The average Bonchev–Trinajstić information content (AvgIpc) is 2.59. The third-order valence-corrected chi connectivity index (χ3v) is 7.19. The van der Waals surface area contributed by atoms with Gasteiger partial charge in [0.25, 0.3) is 0 Å². The lowest BCUT2D eigenvalue weighted by Gasteiger charge is -2.39. The second kappa shape index (κ2) is 4.71. The van der Waals surface area contributed by atoms with Gasteiger partial charge in [-0.05, 0) is 42.2 Å². The largest absolute Gasteiger partial charge is 0.244 e. The fourth-order valence-corrected chi connectivity index (χ4v) is 6.74. The molecule has 3 nitrogen and oxygen atoms in total. The first-order valence-electron chi connectivity index (χ1n) is 7.40. The summed E-state index contributed by atoms with van der Waals surface area (Å²) in [6, 6.07) is 6.83. The summed E-state index contributed by atoms with van der Waals surface area (Å²) in [5.41, 5.74) is 0.281. The number of nitrogens with zero attached hydrogens (tertiary/aromatic N) is 1. The molecule has 2 bridgehead atoms. The molecule has 1 aromatic carbocycles. The van der Waals surface area contributed by atoms with Crippen LogP contribution in [0.3, 0.4) is 0 Å². The Hall–Kier alpha value is -0.580. The summed E-state index contributed by atoms with van der Waals surface area (Å²) < 4.78 is 27.7. The SMILES string of the molecule is CC1(C)CC2CC(C)(CN2S(=O)(=O)c2ccccc2Cl)C1. The molecule has 0 amide bonds. The number of sulfonamides is 1. The maximum Gasteiger partial charge on any atom is 0.244 e. The number of fused-ring (bicyclic) bond motifs is 2. The smallest absolute Gasteiger partial charge is 0.207 e. The van der Waals surface area contributed by atoms with E-state index in [2.05, 4.69) is 20.8 Å². The molecule has 0 N–H and O–H groups in total. The van der Waals surface area contributed by atoms with Crippen molar-refractivity contribution >= 4 is 21.6 Å². The molecule has 0 radical (unpaired) electrons. The van der Waals surface area contributed by atoms with Crippen LogP contribution in [-0.2, 0) is 10.0 Å². The summed E-state index contributed by atoms with van der Waals surface area (Å²) in [7, 11) is -3.51. The van der Waals surface area contributed by atoms with E-state index in [0.717, 1.165) is 19.3 Å². The summed E-state index contributed by atoms with van der Waals surface area (Å²) in [6.07, 6.45) is 2.96. The lowest BCUT2D eigenvalue weighted by molar-refractivity contribution is 0.133. The molecule has 1 saturated carbocycles. The Morgan fingerprint density at radius 3 is 2.52 bits per heavy atom. The molecule has 1 saturated heterocycles. The normalized spacial score (nSPS) is 32.3. The van der Waals surface area contributed by atoms with E-state index in [1.54, 1.807) is 28.6 Å². The maximum absolute atomic E-state index is 13.0. The van der Waals surface area contributed by atoms with Crippen molar-refractivity contribution in [2.24, 2.45) is 10.8 Å². The molecular weight excluding hydrogens is 306 g/mol. The van der Waals surface area contributed by atoms with Gasteiger partial charge >= 0.3 is 0 Å². The number of halogens is 1. The van der Waals surface area contributed by atoms with Gasteiger partial charge < -0.3 is 0 Å². The summed E-state index contributed by atoms with van der Waals surface area (Å²) in [6.45, 7) is 7.30. The van der Waals surface area contributed by atoms with Crippen molar-refractivity contribution in [1.29, 1.82) is 0 Å². The molecule has 2 unspecified atom stereocenters. The highest BCUT2D eigenvalue weighted by Crippen LogP contribution is 2.53. The van der Waals surface area contributed by atoms with Crippen LogP contribution in [0.2, 0.25) is 5.02 Å². The molecule has 1 aliphatic carbocycles. The van der Waals surface area contributed by atoms with Crippen molar-refractivity contribution < 1.29 is 8.42 Å². The summed E-state index contributed by atoms with van der Waals surface area (Å²) in [5.74, 6) is 0. The molecule has 1 aliphatic heterocycles. The van der Waals surface area contributed by atoms with E-state index in [1.165, 1.54) is 0 Å². The minimum absolute atomic E-state index is 0.0841. The van der Waals surface area contributed by atoms with Crippen LogP contribution in [0.4, 0.5) is 0 Å². The van der Waals surface area contributed by atoms with E-state index in [4.69, 9.17) is 11.6 Å². The third kappa shape index (κ3) is 2.62. The predicted octanol–water partition coefficient (Wildman–Crippen LogP) is 3.93. The van der Waals surface area contributed by atoms with E-state index in [1.807, 2.05) is 0 Å². The first kappa shape index (κ1) is 15.3. The summed E-state index contributed by atoms with van der Waals surface area (Å²) in [4.78, 5) is 0.237. The Bertz CT molecular complexity index is 671. The zero-order chi connectivity index (χ0) is 15.5. The number of hydrogen-bond acceptors (Lipinski definition) is 2. The molecular formula is C16H22ClNO2S. The van der Waals surface area contributed by atoms with Gasteiger partial charge in [-0.1, -0.05) is 44.5 Å². The zero-order valence-electron chi connectivity index (χ0n) is 12.8. The third-order valence-electron chi connectivity index (χ3n) is 4.79. The van der Waals surface area contributed by atoms with Crippen molar-refractivity contribution in [2.45, 2.75) is 51.0 Å². The maximum atomic E-state index is 13.0. The van der Waals surface area contributed by atoms with Crippen molar-refractivity contribution in [3.63, 3.8) is 0 Å². The van der Waals surface area contributed by atoms with E-state index >= 15 is 0 Å². The van der Waals surface area contributed by atoms with Gasteiger partial charge in [-0.2, -0.15) is 4.31 Å². The monoisotopic (exact) mass is 327 g/mol. The summed E-state index contributed by atoms with van der Waals surface area (Å²) in [5, 5.41) is 0.309. The van der Waals surface area contributed by atoms with E-state index in [0.29, 0.717) is 11.6 Å². The van der Waals surface area contributed by atoms with Crippen molar-refractivity contribution in [1.82, 2.24) is 4.31 Å². The molecule has 2 fully saturated rings. The number of rotatable bonds is 2. The fourth-order valence-electron chi connectivity index (χ4n) is 4.47. The Morgan fingerprint density at radius 1 is 1.19 bits per heavy atom. The second-order valence-electron chi connectivity index (χ2n) is 7.69. The van der Waals surface area contributed by atoms with Gasteiger partial charge in [-0.25, -0.2) is 8.42 Å². The molecule has 5 heteroatoms. The Morgan fingerprint density at radius 2 is 1.86 bits per heavy atom. The highest BCUT2D eigenvalue weighted by molar-refractivity contribution is 7.89. The van der Waals surface area contributed by atoms with Crippen LogP contribution in [-0.4, -0.2) is 25.3 Å². The molecule has 3 rings (SSSR count). The van der Waals surface area contributed by atoms with Gasteiger partial charge in [-0.15, -0.1) is 0 Å². The second-order valence-corrected chi connectivity index (χ2v) is 9.96. The lowest BCUT2D eigenvalue weighted by Crippen LogP contribution is -2.37. The minimum Gasteiger partial charge on any atom is -0.207 e. The van der Waals surface area contributed by atoms with Crippen LogP contribution < -0.4 is 0 Å². The van der Waals surface area contributed by atoms with E-state index < -0.39 is 10.0 Å². The van der Waals surface area contributed by atoms with Gasteiger partial charge in [0.1, 0.15) is 4.90 Å². The number of benzene rings is 1.